The molecule has 0 aliphatic carbocycles. The van der Waals surface area contributed by atoms with Crippen LogP contribution >= 0.6 is 0 Å². The van der Waals surface area contributed by atoms with Gasteiger partial charge < -0.3 is 9.64 Å². The summed E-state index contributed by atoms with van der Waals surface area (Å²) in [5.74, 6) is 0.0945. The average molecular weight is 377 g/mol. The van der Waals surface area contributed by atoms with E-state index in [-0.39, 0.29) is 22.1 Å². The highest BCUT2D eigenvalue weighted by atomic mass is 32.2. The van der Waals surface area contributed by atoms with Crippen LogP contribution in [0.2, 0.25) is 0 Å². The van der Waals surface area contributed by atoms with Gasteiger partial charge in [-0.3, -0.25) is 14.5 Å². The summed E-state index contributed by atoms with van der Waals surface area (Å²) in [5, 5.41) is 0. The Balaban J connectivity index is 2.33. The van der Waals surface area contributed by atoms with Gasteiger partial charge in [-0.1, -0.05) is 25.5 Å². The predicted octanol–water partition coefficient (Wildman–Crippen LogP) is 2.76. The number of carbonyl (C=O) groups excluding carboxylic acids is 1. The van der Waals surface area contributed by atoms with Gasteiger partial charge in [0.05, 0.1) is 30.8 Å². The van der Waals surface area contributed by atoms with Crippen molar-refractivity contribution in [2.45, 2.75) is 24.7 Å². The number of carbonyl (C=O) groups is 1. The van der Waals surface area contributed by atoms with Gasteiger partial charge in [-0.05, 0) is 18.6 Å². The molecule has 1 aromatic heterocycles. The summed E-state index contributed by atoms with van der Waals surface area (Å²) < 4.78 is 33.1. The molecule has 1 amide bonds. The standard InChI is InChI=1S/C18H23N3O4S/c1-4-5-10-21(2)18(22)16-8-6-7-9-17(16)26(23,24)20-14-11-15(25-3)13-19-12-14/h6-9,11-13,20H,4-5,10H2,1-3H3. The van der Waals surface area contributed by atoms with Crippen LogP contribution in [0.1, 0.15) is 30.1 Å². The molecule has 0 bridgehead atoms. The monoisotopic (exact) mass is 377 g/mol. The van der Waals surface area contributed by atoms with Gasteiger partial charge in [0.15, 0.2) is 0 Å². The Morgan fingerprint density at radius 2 is 2.00 bits per heavy atom. The van der Waals surface area contributed by atoms with Gasteiger partial charge in [0.2, 0.25) is 0 Å². The normalized spacial score (nSPS) is 11.0. The summed E-state index contributed by atoms with van der Waals surface area (Å²) >= 11 is 0. The second-order valence-electron chi connectivity index (χ2n) is 5.80. The first-order valence-electron chi connectivity index (χ1n) is 8.25. The van der Waals surface area contributed by atoms with Crippen LogP contribution in [-0.4, -0.2) is 44.9 Å². The molecule has 0 aliphatic rings. The number of hydrogen-bond donors (Lipinski definition) is 1. The van der Waals surface area contributed by atoms with Crippen LogP contribution in [0.5, 0.6) is 5.75 Å². The van der Waals surface area contributed by atoms with E-state index in [1.54, 1.807) is 19.2 Å². The van der Waals surface area contributed by atoms with Crippen molar-refractivity contribution in [3.8, 4) is 5.75 Å². The zero-order valence-corrected chi connectivity index (χ0v) is 15.9. The van der Waals surface area contributed by atoms with Crippen molar-refractivity contribution in [3.05, 3.63) is 48.3 Å². The van der Waals surface area contributed by atoms with Crippen molar-refractivity contribution in [2.24, 2.45) is 0 Å². The molecular weight excluding hydrogens is 354 g/mol. The first-order valence-corrected chi connectivity index (χ1v) is 9.73. The van der Waals surface area contributed by atoms with Gasteiger partial charge in [0.1, 0.15) is 10.6 Å². The molecule has 26 heavy (non-hydrogen) atoms. The Morgan fingerprint density at radius 1 is 1.27 bits per heavy atom. The number of sulfonamides is 1. The first-order chi connectivity index (χ1) is 12.4. The number of ether oxygens (including phenoxy) is 1. The van der Waals surface area contributed by atoms with Crippen LogP contribution in [0, 0.1) is 0 Å². The van der Waals surface area contributed by atoms with Gasteiger partial charge in [-0.25, -0.2) is 8.42 Å². The zero-order valence-electron chi connectivity index (χ0n) is 15.1. The van der Waals surface area contributed by atoms with E-state index in [0.717, 1.165) is 12.8 Å². The van der Waals surface area contributed by atoms with E-state index >= 15 is 0 Å². The number of rotatable bonds is 8. The number of amides is 1. The van der Waals surface area contributed by atoms with Crippen molar-refractivity contribution in [1.29, 1.82) is 0 Å². The Kier molecular flexibility index (Phi) is 6.57. The second-order valence-corrected chi connectivity index (χ2v) is 7.45. The van der Waals surface area contributed by atoms with E-state index in [2.05, 4.69) is 9.71 Å². The Hall–Kier alpha value is -2.61. The van der Waals surface area contributed by atoms with Crippen molar-refractivity contribution >= 4 is 21.6 Å². The fraction of sp³-hybridized carbons (Fsp3) is 0.333. The number of anilines is 1. The van der Waals surface area contributed by atoms with Gasteiger partial charge in [0, 0.05) is 19.7 Å². The molecule has 0 saturated heterocycles. The number of unbranched alkanes of at least 4 members (excludes halogenated alkanes) is 1. The lowest BCUT2D eigenvalue weighted by atomic mass is 10.2. The molecule has 0 aliphatic heterocycles. The van der Waals surface area contributed by atoms with E-state index in [9.17, 15) is 13.2 Å². The summed E-state index contributed by atoms with van der Waals surface area (Å²) in [7, 11) is -0.826. The van der Waals surface area contributed by atoms with E-state index in [1.165, 1.54) is 42.6 Å². The number of nitrogens with one attached hydrogen (secondary N) is 1. The molecule has 2 aromatic rings. The van der Waals surface area contributed by atoms with E-state index in [4.69, 9.17) is 4.74 Å². The first kappa shape index (κ1) is 19.7. The maximum absolute atomic E-state index is 12.8. The summed E-state index contributed by atoms with van der Waals surface area (Å²) in [6.07, 6.45) is 4.64. The van der Waals surface area contributed by atoms with E-state index < -0.39 is 10.0 Å². The molecule has 1 aromatic carbocycles. The lowest BCUT2D eigenvalue weighted by Gasteiger charge is -2.19. The molecule has 0 radical (unpaired) electrons. The molecule has 2 rings (SSSR count). The number of pyridine rings is 1. The minimum atomic E-state index is -3.96. The molecule has 0 fully saturated rings. The Labute approximate surface area is 154 Å². The van der Waals surface area contributed by atoms with Crippen LogP contribution in [-0.2, 0) is 10.0 Å². The number of hydrogen-bond acceptors (Lipinski definition) is 5. The van der Waals surface area contributed by atoms with Crippen LogP contribution < -0.4 is 9.46 Å². The topological polar surface area (TPSA) is 88.6 Å². The fourth-order valence-corrected chi connectivity index (χ4v) is 3.61. The fourth-order valence-electron chi connectivity index (χ4n) is 2.38. The van der Waals surface area contributed by atoms with Crippen molar-refractivity contribution in [2.75, 3.05) is 25.4 Å². The molecular formula is C18H23N3O4S. The summed E-state index contributed by atoms with van der Waals surface area (Å²) in [5.41, 5.74) is 0.389. The number of aromatic nitrogens is 1. The lowest BCUT2D eigenvalue weighted by molar-refractivity contribution is 0.0789. The molecule has 1 heterocycles. The molecule has 0 spiro atoms. The molecule has 7 nitrogen and oxygen atoms in total. The van der Waals surface area contributed by atoms with E-state index in [0.29, 0.717) is 12.3 Å². The molecule has 1 N–H and O–H groups in total. The third kappa shape index (κ3) is 4.72. The maximum Gasteiger partial charge on any atom is 0.262 e. The molecule has 140 valence electrons. The summed E-state index contributed by atoms with van der Waals surface area (Å²) in [6.45, 7) is 2.60. The second kappa shape index (κ2) is 8.66. The molecule has 0 saturated carbocycles. The average Bonchev–Trinajstić information content (AvgIpc) is 2.65. The lowest BCUT2D eigenvalue weighted by Crippen LogP contribution is -2.29. The van der Waals surface area contributed by atoms with Gasteiger partial charge in [-0.15, -0.1) is 0 Å². The highest BCUT2D eigenvalue weighted by Gasteiger charge is 2.24. The molecule has 8 heteroatoms. The number of benzene rings is 1. The van der Waals surface area contributed by atoms with Gasteiger partial charge in [0.25, 0.3) is 15.9 Å². The van der Waals surface area contributed by atoms with Crippen LogP contribution in [0.4, 0.5) is 5.69 Å². The van der Waals surface area contributed by atoms with Crippen LogP contribution in [0.3, 0.4) is 0 Å². The highest BCUT2D eigenvalue weighted by Crippen LogP contribution is 2.22. The minimum absolute atomic E-state index is 0.0730. The zero-order chi connectivity index (χ0) is 19.2. The van der Waals surface area contributed by atoms with Crippen molar-refractivity contribution < 1.29 is 17.9 Å². The van der Waals surface area contributed by atoms with Gasteiger partial charge >= 0.3 is 0 Å². The van der Waals surface area contributed by atoms with Gasteiger partial charge in [-0.2, -0.15) is 0 Å². The van der Waals surface area contributed by atoms with Crippen LogP contribution in [0.25, 0.3) is 0 Å². The Bertz CT molecular complexity index is 868. The predicted molar refractivity (Wildman–Crippen MR) is 99.9 cm³/mol. The van der Waals surface area contributed by atoms with Crippen molar-refractivity contribution in [3.63, 3.8) is 0 Å². The molecule has 0 unspecified atom stereocenters. The number of nitrogens with zero attached hydrogens (tertiary/aromatic N) is 2. The summed E-state index contributed by atoms with van der Waals surface area (Å²) in [4.78, 5) is 18.1. The van der Waals surface area contributed by atoms with E-state index in [1.807, 2.05) is 6.92 Å². The minimum Gasteiger partial charge on any atom is -0.495 e. The molecule has 0 atom stereocenters. The maximum atomic E-state index is 12.8. The quantitative estimate of drug-likeness (QED) is 0.764. The smallest absolute Gasteiger partial charge is 0.262 e. The van der Waals surface area contributed by atoms with Crippen molar-refractivity contribution in [1.82, 2.24) is 9.88 Å². The highest BCUT2D eigenvalue weighted by molar-refractivity contribution is 7.92. The Morgan fingerprint density at radius 3 is 2.69 bits per heavy atom. The third-order valence-corrected chi connectivity index (χ3v) is 5.24. The summed E-state index contributed by atoms with van der Waals surface area (Å²) in [6, 6.07) is 7.68. The number of methoxy groups -OCH3 is 1. The van der Waals surface area contributed by atoms with Crippen LogP contribution in [0.15, 0.2) is 47.6 Å². The SMILES string of the molecule is CCCCN(C)C(=O)c1ccccc1S(=O)(=O)Nc1cncc(OC)c1. The third-order valence-electron chi connectivity index (χ3n) is 3.80. The largest absolute Gasteiger partial charge is 0.495 e.